The van der Waals surface area contributed by atoms with E-state index >= 15 is 0 Å². The lowest BCUT2D eigenvalue weighted by Gasteiger charge is -2.10. The van der Waals surface area contributed by atoms with Crippen molar-refractivity contribution in [2.24, 2.45) is 0 Å². The van der Waals surface area contributed by atoms with Gasteiger partial charge in [0.2, 0.25) is 0 Å². The molecule has 0 fully saturated rings. The van der Waals surface area contributed by atoms with Gasteiger partial charge in [-0.25, -0.2) is 4.79 Å². The van der Waals surface area contributed by atoms with Crippen LogP contribution in [0, 0.1) is 0 Å². The summed E-state index contributed by atoms with van der Waals surface area (Å²) < 4.78 is 1.03. The molecule has 1 aromatic carbocycles. The largest absolute Gasteiger partial charge is 0.465 e. The Balaban J connectivity index is 2.51. The molecule has 0 unspecified atom stereocenters. The molecule has 2 N–H and O–H groups in total. The third-order valence-electron chi connectivity index (χ3n) is 1.83. The van der Waals surface area contributed by atoms with Crippen molar-refractivity contribution in [2.45, 2.75) is 19.4 Å². The summed E-state index contributed by atoms with van der Waals surface area (Å²) >= 11 is 3.34. The van der Waals surface area contributed by atoms with Crippen molar-refractivity contribution < 1.29 is 9.90 Å². The zero-order valence-corrected chi connectivity index (χ0v) is 9.41. The van der Waals surface area contributed by atoms with E-state index in [4.69, 9.17) is 5.11 Å². The molecule has 1 amide bonds. The second kappa shape index (κ2) is 5.00. The molecule has 0 aliphatic carbocycles. The third-order valence-corrected chi connectivity index (χ3v) is 2.35. The van der Waals surface area contributed by atoms with Gasteiger partial charge in [0.1, 0.15) is 0 Å². The SMILES string of the molecule is C[C@@H](Cc1ccc(Br)cc1)NC(=O)O. The third kappa shape index (κ3) is 3.79. The molecule has 4 heteroatoms. The molecular weight excluding hydrogens is 246 g/mol. The molecule has 0 aliphatic rings. The van der Waals surface area contributed by atoms with Gasteiger partial charge in [0.15, 0.2) is 0 Å². The lowest BCUT2D eigenvalue weighted by Crippen LogP contribution is -2.32. The standard InChI is InChI=1S/C10H12BrNO2/c1-7(12-10(13)14)6-8-2-4-9(11)5-3-8/h2-5,7,12H,6H2,1H3,(H,13,14)/t7-/m0/s1. The predicted octanol–water partition coefficient (Wildman–Crippen LogP) is 2.65. The van der Waals surface area contributed by atoms with Gasteiger partial charge in [-0.1, -0.05) is 28.1 Å². The highest BCUT2D eigenvalue weighted by molar-refractivity contribution is 9.10. The van der Waals surface area contributed by atoms with Crippen LogP contribution in [0.4, 0.5) is 4.79 Å². The maximum absolute atomic E-state index is 10.3. The first-order chi connectivity index (χ1) is 6.58. The van der Waals surface area contributed by atoms with Gasteiger partial charge in [-0.2, -0.15) is 0 Å². The molecule has 0 bridgehead atoms. The Labute approximate surface area is 91.3 Å². The molecule has 0 aliphatic heterocycles. The lowest BCUT2D eigenvalue weighted by atomic mass is 10.1. The molecule has 1 rings (SSSR count). The van der Waals surface area contributed by atoms with Gasteiger partial charge in [-0.15, -0.1) is 0 Å². The van der Waals surface area contributed by atoms with Crippen LogP contribution in [-0.2, 0) is 6.42 Å². The molecule has 0 saturated carbocycles. The van der Waals surface area contributed by atoms with Gasteiger partial charge in [0, 0.05) is 10.5 Å². The van der Waals surface area contributed by atoms with Crippen LogP contribution in [0.5, 0.6) is 0 Å². The van der Waals surface area contributed by atoms with Gasteiger partial charge in [0.05, 0.1) is 0 Å². The van der Waals surface area contributed by atoms with Gasteiger partial charge >= 0.3 is 6.09 Å². The fourth-order valence-corrected chi connectivity index (χ4v) is 1.50. The Morgan fingerprint density at radius 2 is 2.07 bits per heavy atom. The van der Waals surface area contributed by atoms with Crippen LogP contribution in [0.15, 0.2) is 28.7 Å². The molecule has 0 saturated heterocycles. The van der Waals surface area contributed by atoms with Gasteiger partial charge in [0.25, 0.3) is 0 Å². The molecular formula is C10H12BrNO2. The summed E-state index contributed by atoms with van der Waals surface area (Å²) in [6, 6.07) is 7.79. The van der Waals surface area contributed by atoms with E-state index < -0.39 is 6.09 Å². The Morgan fingerprint density at radius 1 is 1.50 bits per heavy atom. The number of hydrogen-bond donors (Lipinski definition) is 2. The number of carbonyl (C=O) groups is 1. The van der Waals surface area contributed by atoms with E-state index in [2.05, 4.69) is 21.2 Å². The van der Waals surface area contributed by atoms with Crippen LogP contribution < -0.4 is 5.32 Å². The summed E-state index contributed by atoms with van der Waals surface area (Å²) in [5.41, 5.74) is 1.12. The molecule has 76 valence electrons. The quantitative estimate of drug-likeness (QED) is 0.875. The number of hydrogen-bond acceptors (Lipinski definition) is 1. The van der Waals surface area contributed by atoms with Crippen molar-refractivity contribution in [1.82, 2.24) is 5.32 Å². The number of carboxylic acid groups (broad SMARTS) is 1. The van der Waals surface area contributed by atoms with Crippen LogP contribution in [-0.4, -0.2) is 17.2 Å². The van der Waals surface area contributed by atoms with Crippen LogP contribution in [0.1, 0.15) is 12.5 Å². The van der Waals surface area contributed by atoms with E-state index in [1.54, 1.807) is 0 Å². The Bertz CT molecular complexity index is 310. The molecule has 1 aromatic rings. The van der Waals surface area contributed by atoms with E-state index in [1.807, 2.05) is 31.2 Å². The van der Waals surface area contributed by atoms with Gasteiger partial charge in [-0.3, -0.25) is 0 Å². The maximum Gasteiger partial charge on any atom is 0.404 e. The molecule has 0 radical (unpaired) electrons. The lowest BCUT2D eigenvalue weighted by molar-refractivity contribution is 0.190. The van der Waals surface area contributed by atoms with E-state index in [0.29, 0.717) is 6.42 Å². The number of halogens is 1. The predicted molar refractivity (Wildman–Crippen MR) is 58.5 cm³/mol. The van der Waals surface area contributed by atoms with Crippen molar-refractivity contribution in [2.75, 3.05) is 0 Å². The van der Waals surface area contributed by atoms with Crippen LogP contribution in [0.3, 0.4) is 0 Å². The number of benzene rings is 1. The summed E-state index contributed by atoms with van der Waals surface area (Å²) in [4.78, 5) is 10.3. The van der Waals surface area contributed by atoms with E-state index in [1.165, 1.54) is 0 Å². The van der Waals surface area contributed by atoms with Crippen molar-refractivity contribution in [3.63, 3.8) is 0 Å². The first-order valence-corrected chi connectivity index (χ1v) is 5.11. The number of rotatable bonds is 3. The summed E-state index contributed by atoms with van der Waals surface area (Å²) in [7, 11) is 0. The number of nitrogens with one attached hydrogen (secondary N) is 1. The topological polar surface area (TPSA) is 49.3 Å². The Kier molecular flexibility index (Phi) is 3.95. The molecule has 1 atom stereocenters. The monoisotopic (exact) mass is 257 g/mol. The fraction of sp³-hybridized carbons (Fsp3) is 0.300. The van der Waals surface area contributed by atoms with Crippen LogP contribution in [0.25, 0.3) is 0 Å². The zero-order valence-electron chi connectivity index (χ0n) is 7.83. The summed E-state index contributed by atoms with van der Waals surface area (Å²) in [5, 5.41) is 10.9. The molecule has 0 aromatic heterocycles. The highest BCUT2D eigenvalue weighted by atomic mass is 79.9. The minimum atomic E-state index is -0.977. The Hall–Kier alpha value is -1.03. The minimum absolute atomic E-state index is 0.0614. The highest BCUT2D eigenvalue weighted by Gasteiger charge is 2.05. The van der Waals surface area contributed by atoms with E-state index in [0.717, 1.165) is 10.0 Å². The average molecular weight is 258 g/mol. The summed E-state index contributed by atoms with van der Waals surface area (Å²) in [5.74, 6) is 0. The Morgan fingerprint density at radius 3 is 2.57 bits per heavy atom. The maximum atomic E-state index is 10.3. The zero-order chi connectivity index (χ0) is 10.6. The minimum Gasteiger partial charge on any atom is -0.465 e. The van der Waals surface area contributed by atoms with Crippen LogP contribution in [0.2, 0.25) is 0 Å². The summed E-state index contributed by atoms with van der Waals surface area (Å²) in [6.07, 6.45) is -0.269. The second-order valence-corrected chi connectivity index (χ2v) is 4.10. The van der Waals surface area contributed by atoms with Crippen molar-refractivity contribution >= 4 is 22.0 Å². The van der Waals surface area contributed by atoms with E-state index in [-0.39, 0.29) is 6.04 Å². The normalized spacial score (nSPS) is 12.1. The molecule has 0 heterocycles. The smallest absolute Gasteiger partial charge is 0.404 e. The van der Waals surface area contributed by atoms with Crippen molar-refractivity contribution in [3.8, 4) is 0 Å². The first kappa shape index (κ1) is 11.0. The van der Waals surface area contributed by atoms with E-state index in [9.17, 15) is 4.79 Å². The molecule has 14 heavy (non-hydrogen) atoms. The molecule has 3 nitrogen and oxygen atoms in total. The van der Waals surface area contributed by atoms with Crippen LogP contribution >= 0.6 is 15.9 Å². The average Bonchev–Trinajstić information content (AvgIpc) is 2.07. The van der Waals surface area contributed by atoms with Gasteiger partial charge < -0.3 is 10.4 Å². The first-order valence-electron chi connectivity index (χ1n) is 4.32. The summed E-state index contributed by atoms with van der Waals surface area (Å²) in [6.45, 7) is 1.84. The van der Waals surface area contributed by atoms with Crippen molar-refractivity contribution in [3.05, 3.63) is 34.3 Å². The number of amides is 1. The van der Waals surface area contributed by atoms with Crippen molar-refractivity contribution in [1.29, 1.82) is 0 Å². The molecule has 0 spiro atoms. The highest BCUT2D eigenvalue weighted by Crippen LogP contribution is 2.11. The second-order valence-electron chi connectivity index (χ2n) is 3.18. The fourth-order valence-electron chi connectivity index (χ4n) is 1.24. The van der Waals surface area contributed by atoms with Gasteiger partial charge in [-0.05, 0) is 31.0 Å².